The number of para-hydroxylation sites is 2. The molecule has 3 heterocycles. The molecule has 0 radical (unpaired) electrons. The Morgan fingerprint density at radius 1 is 0.833 bits per heavy atom. The topological polar surface area (TPSA) is 50.7 Å². The molecular formula is C20H13N3O. The number of hydrogen-bond acceptors (Lipinski definition) is 2. The van der Waals surface area contributed by atoms with E-state index in [1.807, 2.05) is 30.3 Å². The van der Waals surface area contributed by atoms with E-state index in [1.165, 1.54) is 16.8 Å². The lowest BCUT2D eigenvalue weighted by atomic mass is 10.2. The first-order valence-corrected chi connectivity index (χ1v) is 7.79. The molecule has 24 heavy (non-hydrogen) atoms. The molecule has 0 aliphatic heterocycles. The number of aromatic nitrogens is 3. The van der Waals surface area contributed by atoms with Crippen LogP contribution in [0, 0.1) is 0 Å². The van der Waals surface area contributed by atoms with Crippen molar-refractivity contribution in [2.45, 2.75) is 0 Å². The summed E-state index contributed by atoms with van der Waals surface area (Å²) in [5.41, 5.74) is 4.27. The Morgan fingerprint density at radius 3 is 2.21 bits per heavy atom. The molecule has 0 amide bonds. The van der Waals surface area contributed by atoms with E-state index >= 15 is 0 Å². The highest BCUT2D eigenvalue weighted by atomic mass is 16.1. The fourth-order valence-corrected chi connectivity index (χ4v) is 3.43. The van der Waals surface area contributed by atoms with Crippen LogP contribution < -0.4 is 5.43 Å². The summed E-state index contributed by atoms with van der Waals surface area (Å²) in [6.45, 7) is 0. The molecule has 0 aliphatic carbocycles. The molecule has 3 aromatic heterocycles. The maximum atomic E-state index is 12.1. The molecule has 5 aromatic rings. The van der Waals surface area contributed by atoms with Gasteiger partial charge in [-0.05, 0) is 18.2 Å². The van der Waals surface area contributed by atoms with Gasteiger partial charge < -0.3 is 9.55 Å². The minimum absolute atomic E-state index is 0.0774. The quantitative estimate of drug-likeness (QED) is 0.508. The molecule has 0 saturated carbocycles. The van der Waals surface area contributed by atoms with Crippen molar-refractivity contribution in [3.63, 3.8) is 0 Å². The van der Waals surface area contributed by atoms with Crippen LogP contribution in [0.1, 0.15) is 0 Å². The molecule has 0 saturated heterocycles. The molecular weight excluding hydrogens is 298 g/mol. The van der Waals surface area contributed by atoms with Crippen molar-refractivity contribution in [2.24, 2.45) is 0 Å². The minimum Gasteiger partial charge on any atom is -0.358 e. The van der Waals surface area contributed by atoms with Crippen molar-refractivity contribution in [3.05, 3.63) is 83.3 Å². The van der Waals surface area contributed by atoms with Crippen LogP contribution in [0.5, 0.6) is 0 Å². The first-order chi connectivity index (χ1) is 11.8. The number of benzene rings is 2. The second kappa shape index (κ2) is 4.80. The van der Waals surface area contributed by atoms with Gasteiger partial charge in [-0.25, -0.2) is 0 Å². The van der Waals surface area contributed by atoms with Gasteiger partial charge >= 0.3 is 0 Å². The van der Waals surface area contributed by atoms with Crippen LogP contribution in [-0.2, 0) is 0 Å². The standard InChI is InChI=1S/C20H13N3O/c24-18-10-12-21-19-17(9-11-22-20(18)19)23-15-7-3-1-5-13(15)14-6-2-4-8-16(14)23/h1-12H,(H,21,24). The molecule has 4 heteroatoms. The summed E-state index contributed by atoms with van der Waals surface area (Å²) in [7, 11) is 0. The highest BCUT2D eigenvalue weighted by molar-refractivity contribution is 6.10. The fraction of sp³-hybridized carbons (Fsp3) is 0. The number of hydrogen-bond donors (Lipinski definition) is 1. The smallest absolute Gasteiger partial charge is 0.207 e. The fourth-order valence-electron chi connectivity index (χ4n) is 3.43. The van der Waals surface area contributed by atoms with Crippen LogP contribution in [-0.4, -0.2) is 14.5 Å². The van der Waals surface area contributed by atoms with Gasteiger partial charge in [0, 0.05) is 29.2 Å². The third kappa shape index (κ3) is 1.68. The van der Waals surface area contributed by atoms with E-state index in [2.05, 4.69) is 38.8 Å². The zero-order chi connectivity index (χ0) is 16.1. The number of aromatic amines is 1. The van der Waals surface area contributed by atoms with Gasteiger partial charge in [-0.1, -0.05) is 36.4 Å². The molecule has 5 rings (SSSR count). The van der Waals surface area contributed by atoms with Crippen LogP contribution in [0.25, 0.3) is 38.5 Å². The largest absolute Gasteiger partial charge is 0.358 e. The summed E-state index contributed by atoms with van der Waals surface area (Å²) >= 11 is 0. The highest BCUT2D eigenvalue weighted by Crippen LogP contribution is 2.32. The molecule has 114 valence electrons. The lowest BCUT2D eigenvalue weighted by Crippen LogP contribution is -2.05. The number of nitrogens with zero attached hydrogens (tertiary/aromatic N) is 2. The number of H-pyrrole nitrogens is 1. The van der Waals surface area contributed by atoms with E-state index in [0.717, 1.165) is 22.2 Å². The Bertz CT molecular complexity index is 1230. The van der Waals surface area contributed by atoms with Gasteiger partial charge in [0.15, 0.2) is 0 Å². The van der Waals surface area contributed by atoms with Crippen LogP contribution in [0.4, 0.5) is 0 Å². The normalized spacial score (nSPS) is 11.5. The number of rotatable bonds is 1. The van der Waals surface area contributed by atoms with Crippen molar-refractivity contribution in [3.8, 4) is 5.69 Å². The average Bonchev–Trinajstić information content (AvgIpc) is 2.96. The number of pyridine rings is 2. The summed E-state index contributed by atoms with van der Waals surface area (Å²) in [5, 5.41) is 2.38. The highest BCUT2D eigenvalue weighted by Gasteiger charge is 2.14. The Hall–Kier alpha value is -3.40. The van der Waals surface area contributed by atoms with E-state index in [-0.39, 0.29) is 5.43 Å². The molecule has 2 aromatic carbocycles. The van der Waals surface area contributed by atoms with Crippen molar-refractivity contribution in [1.82, 2.24) is 14.5 Å². The predicted molar refractivity (Wildman–Crippen MR) is 96.7 cm³/mol. The van der Waals surface area contributed by atoms with E-state index in [1.54, 1.807) is 12.4 Å². The van der Waals surface area contributed by atoms with Crippen molar-refractivity contribution >= 4 is 32.8 Å². The molecule has 1 N–H and O–H groups in total. The van der Waals surface area contributed by atoms with Gasteiger partial charge in [-0.15, -0.1) is 0 Å². The van der Waals surface area contributed by atoms with Crippen LogP contribution in [0.15, 0.2) is 77.9 Å². The van der Waals surface area contributed by atoms with Gasteiger partial charge in [0.25, 0.3) is 0 Å². The monoisotopic (exact) mass is 311 g/mol. The van der Waals surface area contributed by atoms with Crippen molar-refractivity contribution in [1.29, 1.82) is 0 Å². The number of fused-ring (bicyclic) bond motifs is 4. The van der Waals surface area contributed by atoms with E-state index in [4.69, 9.17) is 0 Å². The Kier molecular flexibility index (Phi) is 2.61. The lowest BCUT2D eigenvalue weighted by molar-refractivity contribution is 1.16. The van der Waals surface area contributed by atoms with E-state index < -0.39 is 0 Å². The van der Waals surface area contributed by atoms with Crippen molar-refractivity contribution in [2.75, 3.05) is 0 Å². The average molecular weight is 311 g/mol. The van der Waals surface area contributed by atoms with E-state index in [9.17, 15) is 4.79 Å². The molecule has 0 atom stereocenters. The SMILES string of the molecule is O=c1cc[nH]c2c(-n3c4ccccc4c4ccccc43)ccnc12. The first kappa shape index (κ1) is 13.1. The van der Waals surface area contributed by atoms with Gasteiger partial charge in [0.05, 0.1) is 22.2 Å². The third-order valence-electron chi connectivity index (χ3n) is 4.45. The van der Waals surface area contributed by atoms with Crippen LogP contribution in [0.3, 0.4) is 0 Å². The minimum atomic E-state index is -0.0774. The summed E-state index contributed by atoms with van der Waals surface area (Å²) in [5.74, 6) is 0. The van der Waals surface area contributed by atoms with Crippen LogP contribution in [0.2, 0.25) is 0 Å². The second-order valence-electron chi connectivity index (χ2n) is 5.77. The predicted octanol–water partition coefficient (Wildman–Crippen LogP) is 4.02. The Labute approximate surface area is 137 Å². The number of nitrogens with one attached hydrogen (secondary N) is 1. The summed E-state index contributed by atoms with van der Waals surface area (Å²) in [6.07, 6.45) is 3.36. The first-order valence-electron chi connectivity index (χ1n) is 7.79. The Morgan fingerprint density at radius 2 is 1.50 bits per heavy atom. The van der Waals surface area contributed by atoms with Gasteiger partial charge in [0.1, 0.15) is 5.52 Å². The van der Waals surface area contributed by atoms with Gasteiger partial charge in [0.2, 0.25) is 5.43 Å². The molecule has 0 unspecified atom stereocenters. The second-order valence-corrected chi connectivity index (χ2v) is 5.77. The van der Waals surface area contributed by atoms with Crippen molar-refractivity contribution < 1.29 is 0 Å². The summed E-state index contributed by atoms with van der Waals surface area (Å²) in [6, 6.07) is 20.1. The summed E-state index contributed by atoms with van der Waals surface area (Å²) in [4.78, 5) is 19.6. The molecule has 0 fully saturated rings. The molecule has 0 bridgehead atoms. The van der Waals surface area contributed by atoms with Gasteiger partial charge in [-0.3, -0.25) is 9.78 Å². The zero-order valence-corrected chi connectivity index (χ0v) is 12.7. The van der Waals surface area contributed by atoms with E-state index in [0.29, 0.717) is 5.52 Å². The molecule has 0 spiro atoms. The molecule has 4 nitrogen and oxygen atoms in total. The maximum absolute atomic E-state index is 12.1. The lowest BCUT2D eigenvalue weighted by Gasteiger charge is -2.10. The summed E-state index contributed by atoms with van der Waals surface area (Å²) < 4.78 is 2.19. The maximum Gasteiger partial charge on any atom is 0.207 e. The van der Waals surface area contributed by atoms with Crippen LogP contribution >= 0.6 is 0 Å². The molecule has 0 aliphatic rings. The third-order valence-corrected chi connectivity index (χ3v) is 4.45. The Balaban J connectivity index is 2.04. The van der Waals surface area contributed by atoms with Gasteiger partial charge in [-0.2, -0.15) is 0 Å². The zero-order valence-electron chi connectivity index (χ0n) is 12.7.